The second-order valence-electron chi connectivity index (χ2n) is 5.63. The maximum atomic E-state index is 10.3. The molecule has 0 fully saturated rings. The summed E-state index contributed by atoms with van der Waals surface area (Å²) in [6.45, 7) is 4.29. The molecular weight excluding hydrogens is 240 g/mol. The molecule has 0 saturated heterocycles. The monoisotopic (exact) mass is 264 g/mol. The van der Waals surface area contributed by atoms with Gasteiger partial charge in [-0.25, -0.2) is 0 Å². The smallest absolute Gasteiger partial charge is 0.126 e. The third-order valence-electron chi connectivity index (χ3n) is 3.87. The van der Waals surface area contributed by atoms with Gasteiger partial charge in [-0.2, -0.15) is 0 Å². The van der Waals surface area contributed by atoms with Crippen LogP contribution in [0.5, 0.6) is 11.5 Å². The van der Waals surface area contributed by atoms with Gasteiger partial charge in [0.15, 0.2) is 0 Å². The topological polar surface area (TPSA) is 38.7 Å². The summed E-state index contributed by atoms with van der Waals surface area (Å²) in [6, 6.07) is 5.64. The van der Waals surface area contributed by atoms with E-state index in [9.17, 15) is 5.11 Å². The molecule has 0 aromatic heterocycles. The van der Waals surface area contributed by atoms with Crippen molar-refractivity contribution < 1.29 is 14.6 Å². The minimum absolute atomic E-state index is 0.254. The molecule has 2 atom stereocenters. The predicted octanol–water partition coefficient (Wildman–Crippen LogP) is 3.85. The van der Waals surface area contributed by atoms with Crippen LogP contribution in [-0.2, 0) is 0 Å². The van der Waals surface area contributed by atoms with Crippen molar-refractivity contribution >= 4 is 0 Å². The number of hydrogen-bond donors (Lipinski definition) is 1. The fourth-order valence-corrected chi connectivity index (χ4v) is 2.73. The molecule has 0 spiro atoms. The molecule has 0 amide bonds. The summed E-state index contributed by atoms with van der Waals surface area (Å²) in [7, 11) is 1.63. The number of methoxy groups -OCH3 is 1. The van der Waals surface area contributed by atoms with E-state index >= 15 is 0 Å². The fraction of sp³-hybridized carbons (Fsp3) is 0.625. The molecule has 0 radical (unpaired) electrons. The SMILES string of the molecule is CCCCCC1(C)C[C@H](O)c2cc(OC)ccc2O1. The van der Waals surface area contributed by atoms with Crippen LogP contribution in [0.3, 0.4) is 0 Å². The molecule has 1 aromatic carbocycles. The molecule has 19 heavy (non-hydrogen) atoms. The normalized spacial score (nSPS) is 25.6. The first-order chi connectivity index (χ1) is 9.08. The van der Waals surface area contributed by atoms with Crippen molar-refractivity contribution in [1.82, 2.24) is 0 Å². The minimum Gasteiger partial charge on any atom is -0.497 e. The Bertz CT molecular complexity index is 430. The summed E-state index contributed by atoms with van der Waals surface area (Å²) in [6.07, 6.45) is 4.73. The zero-order valence-corrected chi connectivity index (χ0v) is 12.1. The maximum absolute atomic E-state index is 10.3. The summed E-state index contributed by atoms with van der Waals surface area (Å²) >= 11 is 0. The fourth-order valence-electron chi connectivity index (χ4n) is 2.73. The average Bonchev–Trinajstić information content (AvgIpc) is 2.38. The van der Waals surface area contributed by atoms with Crippen molar-refractivity contribution in [2.75, 3.05) is 7.11 Å². The molecule has 1 aliphatic rings. The largest absolute Gasteiger partial charge is 0.497 e. The molecule has 1 unspecified atom stereocenters. The molecule has 0 aliphatic carbocycles. The van der Waals surface area contributed by atoms with E-state index in [1.54, 1.807) is 7.11 Å². The Labute approximate surface area is 115 Å². The lowest BCUT2D eigenvalue weighted by molar-refractivity contribution is -0.00858. The zero-order valence-electron chi connectivity index (χ0n) is 12.1. The number of benzene rings is 1. The summed E-state index contributed by atoms with van der Waals surface area (Å²) in [4.78, 5) is 0. The number of rotatable bonds is 5. The average molecular weight is 264 g/mol. The maximum Gasteiger partial charge on any atom is 0.126 e. The van der Waals surface area contributed by atoms with Crippen LogP contribution in [0.25, 0.3) is 0 Å². The number of unbranched alkanes of at least 4 members (excludes halogenated alkanes) is 2. The van der Waals surface area contributed by atoms with Gasteiger partial charge in [-0.1, -0.05) is 19.8 Å². The van der Waals surface area contributed by atoms with Gasteiger partial charge in [0, 0.05) is 12.0 Å². The van der Waals surface area contributed by atoms with Gasteiger partial charge in [0.25, 0.3) is 0 Å². The van der Waals surface area contributed by atoms with Gasteiger partial charge in [0.2, 0.25) is 0 Å². The molecule has 3 nitrogen and oxygen atoms in total. The Morgan fingerprint density at radius 3 is 2.89 bits per heavy atom. The summed E-state index contributed by atoms with van der Waals surface area (Å²) in [5.74, 6) is 1.55. The van der Waals surface area contributed by atoms with Gasteiger partial charge in [0.05, 0.1) is 13.2 Å². The molecule has 3 heteroatoms. The van der Waals surface area contributed by atoms with Crippen LogP contribution in [0.2, 0.25) is 0 Å². The van der Waals surface area contributed by atoms with Gasteiger partial charge in [-0.05, 0) is 38.0 Å². The van der Waals surface area contributed by atoms with E-state index in [2.05, 4.69) is 13.8 Å². The van der Waals surface area contributed by atoms with E-state index in [1.165, 1.54) is 12.8 Å². The Morgan fingerprint density at radius 2 is 2.21 bits per heavy atom. The lowest BCUT2D eigenvalue weighted by atomic mass is 9.86. The number of fused-ring (bicyclic) bond motifs is 1. The highest BCUT2D eigenvalue weighted by Gasteiger charge is 2.36. The standard InChI is InChI=1S/C16H24O3/c1-4-5-6-9-16(2)11-14(17)13-10-12(18-3)7-8-15(13)19-16/h7-8,10,14,17H,4-6,9,11H2,1-3H3/t14-,16?/m0/s1. The number of aliphatic hydroxyl groups excluding tert-OH is 1. The third kappa shape index (κ3) is 3.21. The summed E-state index contributed by atoms with van der Waals surface area (Å²) in [5.41, 5.74) is 0.586. The first kappa shape index (κ1) is 14.2. The van der Waals surface area contributed by atoms with Crippen molar-refractivity contribution in [2.24, 2.45) is 0 Å². The molecule has 106 valence electrons. The van der Waals surface area contributed by atoms with Gasteiger partial charge in [-0.3, -0.25) is 0 Å². The van der Waals surface area contributed by atoms with Crippen molar-refractivity contribution in [2.45, 2.75) is 57.7 Å². The molecule has 0 saturated carbocycles. The lowest BCUT2D eigenvalue weighted by Crippen LogP contribution is -2.38. The first-order valence-electron chi connectivity index (χ1n) is 7.13. The highest BCUT2D eigenvalue weighted by Crippen LogP contribution is 2.42. The predicted molar refractivity (Wildman–Crippen MR) is 75.7 cm³/mol. The van der Waals surface area contributed by atoms with Crippen LogP contribution < -0.4 is 9.47 Å². The van der Waals surface area contributed by atoms with Crippen molar-refractivity contribution in [3.8, 4) is 11.5 Å². The third-order valence-corrected chi connectivity index (χ3v) is 3.87. The zero-order chi connectivity index (χ0) is 13.9. The van der Waals surface area contributed by atoms with Gasteiger partial charge in [0.1, 0.15) is 17.1 Å². The number of ether oxygens (including phenoxy) is 2. The highest BCUT2D eigenvalue weighted by molar-refractivity contribution is 5.43. The van der Waals surface area contributed by atoms with E-state index in [0.717, 1.165) is 29.9 Å². The second kappa shape index (κ2) is 5.83. The lowest BCUT2D eigenvalue weighted by Gasteiger charge is -2.38. The van der Waals surface area contributed by atoms with E-state index < -0.39 is 6.10 Å². The van der Waals surface area contributed by atoms with Crippen LogP contribution in [0.15, 0.2) is 18.2 Å². The van der Waals surface area contributed by atoms with Crippen molar-refractivity contribution in [3.05, 3.63) is 23.8 Å². The van der Waals surface area contributed by atoms with Gasteiger partial charge >= 0.3 is 0 Å². The van der Waals surface area contributed by atoms with Gasteiger partial charge in [-0.15, -0.1) is 0 Å². The second-order valence-corrected chi connectivity index (χ2v) is 5.63. The van der Waals surface area contributed by atoms with E-state index in [0.29, 0.717) is 6.42 Å². The molecule has 1 aliphatic heterocycles. The Hall–Kier alpha value is -1.22. The molecule has 2 rings (SSSR count). The molecule has 1 heterocycles. The van der Waals surface area contributed by atoms with E-state index in [-0.39, 0.29) is 5.60 Å². The Balaban J connectivity index is 2.15. The Morgan fingerprint density at radius 1 is 1.42 bits per heavy atom. The van der Waals surface area contributed by atoms with Gasteiger partial charge < -0.3 is 14.6 Å². The van der Waals surface area contributed by atoms with Crippen molar-refractivity contribution in [1.29, 1.82) is 0 Å². The summed E-state index contributed by atoms with van der Waals surface area (Å²) in [5, 5.41) is 10.3. The van der Waals surface area contributed by atoms with Crippen LogP contribution in [0, 0.1) is 0 Å². The first-order valence-corrected chi connectivity index (χ1v) is 7.13. The quantitative estimate of drug-likeness (QED) is 0.821. The van der Waals surface area contributed by atoms with Crippen LogP contribution in [0.4, 0.5) is 0 Å². The van der Waals surface area contributed by atoms with Crippen LogP contribution in [0.1, 0.15) is 57.6 Å². The minimum atomic E-state index is -0.467. The van der Waals surface area contributed by atoms with E-state index in [1.807, 2.05) is 18.2 Å². The molecular formula is C16H24O3. The van der Waals surface area contributed by atoms with Crippen molar-refractivity contribution in [3.63, 3.8) is 0 Å². The van der Waals surface area contributed by atoms with E-state index in [4.69, 9.17) is 9.47 Å². The van der Waals surface area contributed by atoms with Crippen LogP contribution in [-0.4, -0.2) is 17.8 Å². The molecule has 0 bridgehead atoms. The molecule has 1 aromatic rings. The number of hydrogen-bond acceptors (Lipinski definition) is 3. The Kier molecular flexibility index (Phi) is 4.35. The van der Waals surface area contributed by atoms with Crippen LogP contribution >= 0.6 is 0 Å². The summed E-state index contributed by atoms with van der Waals surface area (Å²) < 4.78 is 11.3. The highest BCUT2D eigenvalue weighted by atomic mass is 16.5. The molecule has 1 N–H and O–H groups in total. The number of aliphatic hydroxyl groups is 1.